The van der Waals surface area contributed by atoms with Crippen LogP contribution in [0.5, 0.6) is 17.2 Å². The van der Waals surface area contributed by atoms with E-state index < -0.39 is 5.97 Å². The van der Waals surface area contributed by atoms with Gasteiger partial charge in [-0.05, 0) is 24.6 Å². The zero-order valence-corrected chi connectivity index (χ0v) is 25.3. The molecule has 0 spiro atoms. The fraction of sp³-hybridized carbons (Fsp3) is 0.103. The molecule has 2 N–H and O–H groups in total. The summed E-state index contributed by atoms with van der Waals surface area (Å²) in [7, 11) is 2.92. The molecule has 0 bridgehead atoms. The summed E-state index contributed by atoms with van der Waals surface area (Å²) in [5, 5.41) is 24.8. The van der Waals surface area contributed by atoms with Crippen molar-refractivity contribution in [3.63, 3.8) is 0 Å². The number of phenolic OH excluding ortho intramolecular Hbond substituents is 1. The predicted molar refractivity (Wildman–Crippen MR) is 146 cm³/mol. The van der Waals surface area contributed by atoms with Gasteiger partial charge in [-0.1, -0.05) is 77.8 Å². The normalized spacial score (nSPS) is 9.87. The number of methoxy groups -OCH3 is 2. The second-order valence-corrected chi connectivity index (χ2v) is 8.72. The molecule has 0 aliphatic heterocycles. The molecule has 4 rings (SSSR count). The van der Waals surface area contributed by atoms with Gasteiger partial charge in [-0.2, -0.15) is 0 Å². The molecule has 4 aromatic rings. The number of ether oxygens (including phenoxy) is 2. The summed E-state index contributed by atoms with van der Waals surface area (Å²) in [5.74, 6) is -1.00. The van der Waals surface area contributed by atoms with E-state index in [2.05, 4.69) is 5.32 Å². The van der Waals surface area contributed by atoms with E-state index in [1.165, 1.54) is 26.4 Å². The SMILES string of the molecule is COc1cc(O)c(C(=O)c2ccccc2)c(OC)c1.Cc1ccc(Cl)c(Nc2ccccc2C(=O)[O-])c1Cl.[Na+]. The summed E-state index contributed by atoms with van der Waals surface area (Å²) in [6.07, 6.45) is 0. The van der Waals surface area contributed by atoms with E-state index in [4.69, 9.17) is 32.7 Å². The van der Waals surface area contributed by atoms with Gasteiger partial charge in [-0.25, -0.2) is 0 Å². The van der Waals surface area contributed by atoms with Crippen LogP contribution in [0.3, 0.4) is 0 Å². The number of phenols is 1. The quantitative estimate of drug-likeness (QED) is 0.257. The maximum absolute atomic E-state index is 12.4. The molecule has 4 aromatic carbocycles. The molecule has 0 unspecified atom stereocenters. The van der Waals surface area contributed by atoms with Crippen LogP contribution in [-0.2, 0) is 0 Å². The minimum atomic E-state index is -1.26. The predicted octanol–water partition coefficient (Wildman–Crippen LogP) is 3.05. The summed E-state index contributed by atoms with van der Waals surface area (Å²) < 4.78 is 10.2. The summed E-state index contributed by atoms with van der Waals surface area (Å²) in [6.45, 7) is 1.84. The Labute approximate surface area is 258 Å². The Bertz CT molecular complexity index is 1460. The van der Waals surface area contributed by atoms with Gasteiger partial charge in [0.05, 0.1) is 35.9 Å². The van der Waals surface area contributed by atoms with Crippen LogP contribution in [0.1, 0.15) is 31.8 Å². The number of carbonyl (C=O) groups excluding carboxylic acids is 2. The molecule has 0 radical (unpaired) electrons. The molecule has 10 heteroatoms. The molecular weight excluding hydrogens is 552 g/mol. The average Bonchev–Trinajstić information content (AvgIpc) is 2.93. The Morgan fingerprint density at radius 2 is 1.54 bits per heavy atom. The fourth-order valence-corrected chi connectivity index (χ4v) is 3.96. The molecule has 7 nitrogen and oxygen atoms in total. The minimum Gasteiger partial charge on any atom is -0.545 e. The molecule has 0 aromatic heterocycles. The van der Waals surface area contributed by atoms with Gasteiger partial charge in [0, 0.05) is 28.9 Å². The Hall–Kier alpha value is -3.20. The van der Waals surface area contributed by atoms with E-state index in [1.54, 1.807) is 60.7 Å². The number of nitrogens with one attached hydrogen (secondary N) is 1. The first kappa shape index (κ1) is 32.0. The average molecular weight is 576 g/mol. The van der Waals surface area contributed by atoms with E-state index in [0.717, 1.165) is 5.56 Å². The second-order valence-electron chi connectivity index (χ2n) is 7.93. The van der Waals surface area contributed by atoms with Crippen molar-refractivity contribution in [1.29, 1.82) is 0 Å². The maximum atomic E-state index is 12.4. The summed E-state index contributed by atoms with van der Waals surface area (Å²) >= 11 is 12.2. The number of halogens is 2. The molecule has 0 saturated heterocycles. The van der Waals surface area contributed by atoms with Crippen molar-refractivity contribution in [2.45, 2.75) is 6.92 Å². The van der Waals surface area contributed by atoms with Gasteiger partial charge < -0.3 is 29.8 Å². The molecule has 0 atom stereocenters. The van der Waals surface area contributed by atoms with Crippen LogP contribution in [0.2, 0.25) is 10.0 Å². The van der Waals surface area contributed by atoms with Crippen molar-refractivity contribution in [2.75, 3.05) is 19.5 Å². The number of aromatic carboxylic acids is 1. The van der Waals surface area contributed by atoms with Crippen molar-refractivity contribution in [3.8, 4) is 17.2 Å². The number of benzene rings is 4. The minimum absolute atomic E-state index is 0. The molecule has 39 heavy (non-hydrogen) atoms. The number of rotatable bonds is 7. The van der Waals surface area contributed by atoms with Gasteiger partial charge in [-0.3, -0.25) is 4.79 Å². The molecule has 0 amide bonds. The number of ketones is 1. The van der Waals surface area contributed by atoms with Crippen molar-refractivity contribution < 1.29 is 58.8 Å². The van der Waals surface area contributed by atoms with Crippen LogP contribution < -0.4 is 49.5 Å². The first-order chi connectivity index (χ1) is 18.2. The topological polar surface area (TPSA) is 108 Å². The number of carbonyl (C=O) groups is 2. The summed E-state index contributed by atoms with van der Waals surface area (Å²) in [6, 6.07) is 21.6. The molecule has 196 valence electrons. The van der Waals surface area contributed by atoms with Crippen molar-refractivity contribution >= 4 is 46.3 Å². The van der Waals surface area contributed by atoms with Crippen molar-refractivity contribution in [1.82, 2.24) is 0 Å². The van der Waals surface area contributed by atoms with Crippen LogP contribution in [0.15, 0.2) is 78.9 Å². The number of aromatic hydroxyl groups is 1. The first-order valence-corrected chi connectivity index (χ1v) is 12.0. The van der Waals surface area contributed by atoms with Gasteiger partial charge in [-0.15, -0.1) is 0 Å². The fourth-order valence-electron chi connectivity index (χ4n) is 3.49. The second kappa shape index (κ2) is 14.8. The number of hydrogen-bond donors (Lipinski definition) is 2. The third-order valence-corrected chi connectivity index (χ3v) is 6.27. The van der Waals surface area contributed by atoms with Crippen molar-refractivity contribution in [2.24, 2.45) is 0 Å². The Balaban J connectivity index is 0.000000267. The van der Waals surface area contributed by atoms with Gasteiger partial charge in [0.2, 0.25) is 5.78 Å². The van der Waals surface area contributed by atoms with E-state index in [-0.39, 0.29) is 58.0 Å². The number of carboxylic acid groups (broad SMARTS) is 1. The van der Waals surface area contributed by atoms with E-state index in [1.807, 2.05) is 13.0 Å². The third-order valence-electron chi connectivity index (χ3n) is 5.46. The monoisotopic (exact) mass is 575 g/mol. The van der Waals surface area contributed by atoms with Crippen LogP contribution >= 0.6 is 23.2 Å². The zero-order valence-electron chi connectivity index (χ0n) is 21.7. The van der Waals surface area contributed by atoms with Gasteiger partial charge in [0.25, 0.3) is 0 Å². The van der Waals surface area contributed by atoms with E-state index in [0.29, 0.717) is 32.7 Å². The largest absolute Gasteiger partial charge is 1.00 e. The van der Waals surface area contributed by atoms with Gasteiger partial charge in [0.15, 0.2) is 0 Å². The number of carboxylic acids is 1. The summed E-state index contributed by atoms with van der Waals surface area (Å²) in [5.41, 5.74) is 2.39. The molecule has 0 aliphatic carbocycles. The summed E-state index contributed by atoms with van der Waals surface area (Å²) in [4.78, 5) is 23.4. The zero-order chi connectivity index (χ0) is 27.8. The van der Waals surface area contributed by atoms with E-state index in [9.17, 15) is 19.8 Å². The standard InChI is InChI=1S/C15H14O4.C14H11Cl2NO2.Na/c1-18-11-8-12(16)14(13(9-11)19-2)15(17)10-6-4-3-5-7-10;1-8-6-7-10(15)13(12(8)16)17-11-5-3-2-4-9(11)14(18)19;/h3-9,16H,1-2H3;2-7,17H,1H3,(H,18,19);/q;;+1/p-1. The van der Waals surface area contributed by atoms with Crippen LogP contribution in [0.4, 0.5) is 11.4 Å². The smallest absolute Gasteiger partial charge is 0.545 e. The Kier molecular flexibility index (Phi) is 12.2. The molecule has 0 fully saturated rings. The molecule has 0 heterocycles. The Morgan fingerprint density at radius 3 is 2.15 bits per heavy atom. The Morgan fingerprint density at radius 1 is 0.897 bits per heavy atom. The third kappa shape index (κ3) is 7.91. The van der Waals surface area contributed by atoms with Gasteiger partial charge in [0.1, 0.15) is 22.8 Å². The van der Waals surface area contributed by atoms with Crippen LogP contribution in [0.25, 0.3) is 0 Å². The van der Waals surface area contributed by atoms with E-state index >= 15 is 0 Å². The van der Waals surface area contributed by atoms with Crippen molar-refractivity contribution in [3.05, 3.63) is 111 Å². The number of aryl methyl sites for hydroxylation is 1. The molecule has 0 saturated carbocycles. The number of anilines is 2. The number of para-hydroxylation sites is 1. The maximum Gasteiger partial charge on any atom is 1.00 e. The molecule has 0 aliphatic rings. The van der Waals surface area contributed by atoms with Crippen LogP contribution in [0, 0.1) is 6.92 Å². The molecular formula is C29H24Cl2NNaO6. The van der Waals surface area contributed by atoms with Crippen LogP contribution in [-0.4, -0.2) is 31.1 Å². The van der Waals surface area contributed by atoms with Gasteiger partial charge >= 0.3 is 29.6 Å². The number of hydrogen-bond acceptors (Lipinski definition) is 7. The first-order valence-electron chi connectivity index (χ1n) is 11.2.